The summed E-state index contributed by atoms with van der Waals surface area (Å²) < 4.78 is 11.2. The first-order valence-corrected chi connectivity index (χ1v) is 5.87. The van der Waals surface area contributed by atoms with E-state index in [2.05, 4.69) is 13.8 Å². The van der Waals surface area contributed by atoms with Crippen molar-refractivity contribution in [2.75, 3.05) is 0 Å². The van der Waals surface area contributed by atoms with Gasteiger partial charge in [-0.15, -0.1) is 0 Å². The molecule has 3 rings (SSSR count). The van der Waals surface area contributed by atoms with Crippen molar-refractivity contribution in [1.29, 1.82) is 0 Å². The van der Waals surface area contributed by atoms with Crippen LogP contribution in [-0.2, 0) is 6.42 Å². The standard InChI is InChI=1S/C14H14O3/c1-8(2)12-7-10-11(16-12)5-3-9-4-6-13(15)17-14(9)10/h3-6,8,12H,7H2,1-2H3/t12-/m0/s1. The number of ether oxygens (including phenoxy) is 1. The number of fused-ring (bicyclic) bond motifs is 3. The molecule has 1 aromatic carbocycles. The minimum atomic E-state index is -0.307. The summed E-state index contributed by atoms with van der Waals surface area (Å²) in [5.74, 6) is 1.30. The Morgan fingerprint density at radius 2 is 2.00 bits per heavy atom. The highest BCUT2D eigenvalue weighted by Gasteiger charge is 2.28. The second-order valence-corrected chi connectivity index (χ2v) is 4.82. The first-order chi connectivity index (χ1) is 8.15. The summed E-state index contributed by atoms with van der Waals surface area (Å²) in [4.78, 5) is 11.3. The molecule has 0 bridgehead atoms. The lowest BCUT2D eigenvalue weighted by Gasteiger charge is -2.13. The van der Waals surface area contributed by atoms with Crippen LogP contribution in [0.3, 0.4) is 0 Å². The summed E-state index contributed by atoms with van der Waals surface area (Å²) in [6.07, 6.45) is 0.998. The molecule has 1 aromatic heterocycles. The van der Waals surface area contributed by atoms with Crippen molar-refractivity contribution in [1.82, 2.24) is 0 Å². The van der Waals surface area contributed by atoms with Gasteiger partial charge in [-0.2, -0.15) is 0 Å². The monoisotopic (exact) mass is 230 g/mol. The van der Waals surface area contributed by atoms with Gasteiger partial charge in [0, 0.05) is 23.4 Å². The zero-order chi connectivity index (χ0) is 12.0. The number of rotatable bonds is 1. The van der Waals surface area contributed by atoms with Crippen LogP contribution in [0.25, 0.3) is 11.0 Å². The van der Waals surface area contributed by atoms with Crippen molar-refractivity contribution in [2.45, 2.75) is 26.4 Å². The summed E-state index contributed by atoms with van der Waals surface area (Å²) in [6, 6.07) is 7.13. The van der Waals surface area contributed by atoms with Crippen molar-refractivity contribution in [3.05, 3.63) is 40.2 Å². The number of hydrogen-bond acceptors (Lipinski definition) is 3. The predicted octanol–water partition coefficient (Wildman–Crippen LogP) is 2.75. The van der Waals surface area contributed by atoms with Gasteiger partial charge in [0.1, 0.15) is 17.4 Å². The van der Waals surface area contributed by atoms with E-state index < -0.39 is 0 Å². The molecule has 0 fully saturated rings. The van der Waals surface area contributed by atoms with Crippen molar-refractivity contribution in [2.24, 2.45) is 5.92 Å². The molecule has 0 amide bonds. The maximum absolute atomic E-state index is 11.3. The lowest BCUT2D eigenvalue weighted by molar-refractivity contribution is 0.179. The average molecular weight is 230 g/mol. The van der Waals surface area contributed by atoms with E-state index in [-0.39, 0.29) is 11.7 Å². The molecule has 0 saturated heterocycles. The first kappa shape index (κ1) is 10.4. The molecule has 0 saturated carbocycles. The molecule has 0 unspecified atom stereocenters. The molecule has 0 radical (unpaired) electrons. The van der Waals surface area contributed by atoms with Gasteiger partial charge < -0.3 is 9.15 Å². The van der Waals surface area contributed by atoms with Crippen LogP contribution >= 0.6 is 0 Å². The van der Waals surface area contributed by atoms with Gasteiger partial charge in [0.25, 0.3) is 0 Å². The van der Waals surface area contributed by atoms with E-state index in [1.807, 2.05) is 12.1 Å². The zero-order valence-corrected chi connectivity index (χ0v) is 9.90. The highest BCUT2D eigenvalue weighted by Crippen LogP contribution is 2.36. The second-order valence-electron chi connectivity index (χ2n) is 4.82. The minimum Gasteiger partial charge on any atom is -0.489 e. The maximum Gasteiger partial charge on any atom is 0.336 e. The molecule has 1 atom stereocenters. The van der Waals surface area contributed by atoms with Crippen LogP contribution in [0.1, 0.15) is 19.4 Å². The molecule has 2 aromatic rings. The molecule has 1 aliphatic heterocycles. The Bertz CT molecular complexity index is 625. The molecule has 1 aliphatic rings. The Labute approximate surface area is 99.0 Å². The Morgan fingerprint density at radius 1 is 1.24 bits per heavy atom. The van der Waals surface area contributed by atoms with Gasteiger partial charge >= 0.3 is 5.63 Å². The molecule has 0 spiro atoms. The lowest BCUT2D eigenvalue weighted by Crippen LogP contribution is -2.19. The fourth-order valence-corrected chi connectivity index (χ4v) is 2.25. The van der Waals surface area contributed by atoms with E-state index in [0.717, 1.165) is 23.1 Å². The van der Waals surface area contributed by atoms with E-state index in [0.29, 0.717) is 11.5 Å². The van der Waals surface area contributed by atoms with Crippen LogP contribution in [0.15, 0.2) is 33.5 Å². The number of hydrogen-bond donors (Lipinski definition) is 0. The predicted molar refractivity (Wildman–Crippen MR) is 65.4 cm³/mol. The molecule has 0 aliphatic carbocycles. The van der Waals surface area contributed by atoms with Crippen LogP contribution < -0.4 is 10.4 Å². The third-order valence-electron chi connectivity index (χ3n) is 3.28. The van der Waals surface area contributed by atoms with Gasteiger partial charge in [-0.05, 0) is 24.1 Å². The largest absolute Gasteiger partial charge is 0.489 e. The topological polar surface area (TPSA) is 39.4 Å². The first-order valence-electron chi connectivity index (χ1n) is 5.87. The summed E-state index contributed by atoms with van der Waals surface area (Å²) in [5, 5.41) is 0.955. The highest BCUT2D eigenvalue weighted by atomic mass is 16.5. The molecule has 3 heteroatoms. The Morgan fingerprint density at radius 3 is 2.76 bits per heavy atom. The van der Waals surface area contributed by atoms with E-state index in [1.54, 1.807) is 6.07 Å². The molecule has 17 heavy (non-hydrogen) atoms. The quantitative estimate of drug-likeness (QED) is 0.707. The van der Waals surface area contributed by atoms with Gasteiger partial charge in [-0.25, -0.2) is 4.79 Å². The third kappa shape index (κ3) is 1.62. The molecular weight excluding hydrogens is 216 g/mol. The maximum atomic E-state index is 11.3. The molecule has 0 N–H and O–H groups in total. The molecule has 3 nitrogen and oxygen atoms in total. The van der Waals surface area contributed by atoms with Crippen LogP contribution in [0, 0.1) is 5.92 Å². The van der Waals surface area contributed by atoms with Crippen LogP contribution in [0.5, 0.6) is 5.75 Å². The fraction of sp³-hybridized carbons (Fsp3) is 0.357. The van der Waals surface area contributed by atoms with Crippen molar-refractivity contribution in [3.63, 3.8) is 0 Å². The van der Waals surface area contributed by atoms with E-state index >= 15 is 0 Å². The number of benzene rings is 1. The lowest BCUT2D eigenvalue weighted by atomic mass is 10.0. The van der Waals surface area contributed by atoms with Crippen LogP contribution in [0.2, 0.25) is 0 Å². The highest BCUT2D eigenvalue weighted by molar-refractivity contribution is 5.82. The fourth-order valence-electron chi connectivity index (χ4n) is 2.25. The Balaban J connectivity index is 2.19. The van der Waals surface area contributed by atoms with Gasteiger partial charge in [-0.3, -0.25) is 0 Å². The van der Waals surface area contributed by atoms with E-state index in [9.17, 15) is 4.79 Å². The van der Waals surface area contributed by atoms with Crippen LogP contribution in [0.4, 0.5) is 0 Å². The van der Waals surface area contributed by atoms with Crippen molar-refractivity contribution in [3.8, 4) is 5.75 Å². The van der Waals surface area contributed by atoms with Gasteiger partial charge in [0.2, 0.25) is 0 Å². The van der Waals surface area contributed by atoms with Gasteiger partial charge in [-0.1, -0.05) is 13.8 Å². The molecule has 2 heterocycles. The van der Waals surface area contributed by atoms with Gasteiger partial charge in [0.05, 0.1) is 0 Å². The second kappa shape index (κ2) is 3.62. The molecular formula is C14H14O3. The van der Waals surface area contributed by atoms with Crippen molar-refractivity contribution < 1.29 is 9.15 Å². The summed E-state index contributed by atoms with van der Waals surface area (Å²) in [7, 11) is 0. The van der Waals surface area contributed by atoms with Crippen molar-refractivity contribution >= 4 is 11.0 Å². The Kier molecular flexibility index (Phi) is 2.21. The third-order valence-corrected chi connectivity index (χ3v) is 3.28. The van der Waals surface area contributed by atoms with Crippen LogP contribution in [-0.4, -0.2) is 6.10 Å². The zero-order valence-electron chi connectivity index (χ0n) is 9.90. The normalized spacial score (nSPS) is 18.4. The van der Waals surface area contributed by atoms with Gasteiger partial charge in [0.15, 0.2) is 0 Å². The van der Waals surface area contributed by atoms with E-state index in [4.69, 9.17) is 9.15 Å². The SMILES string of the molecule is CC(C)[C@@H]1Cc2c(ccc3ccc(=O)oc23)O1. The van der Waals surface area contributed by atoms with E-state index in [1.165, 1.54) is 6.07 Å². The smallest absolute Gasteiger partial charge is 0.336 e. The minimum absolute atomic E-state index is 0.182. The summed E-state index contributed by atoms with van der Waals surface area (Å²) in [6.45, 7) is 4.27. The molecule has 88 valence electrons. The summed E-state index contributed by atoms with van der Waals surface area (Å²) in [5.41, 5.74) is 1.40. The Hall–Kier alpha value is -1.77. The summed E-state index contributed by atoms with van der Waals surface area (Å²) >= 11 is 0. The average Bonchev–Trinajstić information content (AvgIpc) is 2.73.